The highest BCUT2D eigenvalue weighted by Gasteiger charge is 2.53. The van der Waals surface area contributed by atoms with E-state index in [0.717, 1.165) is 33.2 Å². The molecule has 0 aliphatic carbocycles. The molecule has 3 saturated heterocycles. The first kappa shape index (κ1) is 117. The number of pyridine rings is 2. The number of ether oxygens (including phenoxy) is 2. The molecule has 42 nitrogen and oxygen atoms in total. The van der Waals surface area contributed by atoms with Crippen LogP contribution in [0.1, 0.15) is 251 Å². The van der Waals surface area contributed by atoms with Crippen molar-refractivity contribution in [3.63, 3.8) is 0 Å². The van der Waals surface area contributed by atoms with Crippen LogP contribution < -0.4 is 64.9 Å². The van der Waals surface area contributed by atoms with Gasteiger partial charge in [-0.1, -0.05) is 111 Å². The van der Waals surface area contributed by atoms with Crippen LogP contribution in [0, 0.1) is 39.9 Å². The Bertz CT molecular complexity index is 5910. The maximum atomic E-state index is 15.1. The van der Waals surface area contributed by atoms with E-state index in [1.807, 2.05) is 20.8 Å². The molecule has 10 rings (SSSR count). The van der Waals surface area contributed by atoms with Crippen molar-refractivity contribution < 1.29 is 111 Å². The highest BCUT2D eigenvalue weighted by Crippen LogP contribution is 2.45. The molecule has 0 bridgehead atoms. The average molecular weight is 2090 g/mol. The lowest BCUT2D eigenvalue weighted by Crippen LogP contribution is -2.61. The third-order valence-corrected chi connectivity index (χ3v) is 29.5. The minimum Gasteiger partial charge on any atom is -0.508 e. The highest BCUT2D eigenvalue weighted by molar-refractivity contribution is 8.02. The number of benzene rings is 3. The van der Waals surface area contributed by atoms with Crippen LogP contribution in [0.25, 0.3) is 22.3 Å². The summed E-state index contributed by atoms with van der Waals surface area (Å²) in [5.74, 6) is -16.6. The van der Waals surface area contributed by atoms with Gasteiger partial charge < -0.3 is 98.5 Å². The molecule has 11 amide bonds. The van der Waals surface area contributed by atoms with Gasteiger partial charge in [0.05, 0.1) is 64.9 Å². The molecule has 5 aliphatic rings. The molecule has 2 aromatic heterocycles. The number of aliphatic carboxylic acids is 1. The number of thioether (sulfide) groups is 1. The van der Waals surface area contributed by atoms with E-state index >= 15 is 4.79 Å². The Morgan fingerprint density at radius 3 is 1.83 bits per heavy atom. The van der Waals surface area contributed by atoms with Crippen molar-refractivity contribution in [3.05, 3.63) is 123 Å². The zero-order valence-corrected chi connectivity index (χ0v) is 87.5. The Morgan fingerprint density at radius 1 is 0.624 bits per heavy atom. The molecule has 149 heavy (non-hydrogen) atoms. The van der Waals surface area contributed by atoms with E-state index in [4.69, 9.17) is 36.7 Å². The number of phenolic OH excluding ortho intramolecular Hbond substituents is 2. The lowest BCUT2D eigenvalue weighted by molar-refractivity contribution is -0.189. The van der Waals surface area contributed by atoms with Crippen LogP contribution >= 0.6 is 11.8 Å². The van der Waals surface area contributed by atoms with Crippen LogP contribution in [0.4, 0.5) is 0 Å². The number of aryl methyl sites for hydroxylation is 1. The average Bonchev–Trinajstić information content (AvgIpc) is 1.61. The van der Waals surface area contributed by atoms with Crippen LogP contribution in [0.15, 0.2) is 83.7 Å². The number of hydrogen-bond donors (Lipinski definition) is 16. The van der Waals surface area contributed by atoms with Crippen molar-refractivity contribution in [2.24, 2.45) is 40.6 Å². The largest absolute Gasteiger partial charge is 0.508 e. The number of nitrogens with one attached hydrogen (secondary N) is 11. The lowest BCUT2D eigenvalue weighted by atomic mass is 9.76. The molecule has 0 radical (unpaired) electrons. The van der Waals surface area contributed by atoms with Crippen LogP contribution in [0.3, 0.4) is 0 Å². The number of phenols is 2. The number of fused-ring (bicyclic) bond motifs is 5. The van der Waals surface area contributed by atoms with E-state index in [-0.39, 0.29) is 188 Å². The predicted molar refractivity (Wildman–Crippen MR) is 551 cm³/mol. The van der Waals surface area contributed by atoms with Crippen molar-refractivity contribution in [1.29, 1.82) is 10.8 Å². The number of esters is 2. The molecule has 43 heteroatoms. The fraction of sp³-hybridized carbons (Fsp3) is 0.566. The number of Topliss-reactive ketones (excluding diaryl/α,β-unsaturated/α-hetero) is 4. The van der Waals surface area contributed by atoms with Gasteiger partial charge in [0.2, 0.25) is 70.6 Å². The van der Waals surface area contributed by atoms with Gasteiger partial charge >= 0.3 is 17.9 Å². The van der Waals surface area contributed by atoms with Gasteiger partial charge in [-0.3, -0.25) is 102 Å². The predicted octanol–water partition coefficient (Wildman–Crippen LogP) is 5.53. The van der Waals surface area contributed by atoms with E-state index in [2.05, 4.69) is 47.9 Å². The number of cyclic esters (lactones) is 1. The van der Waals surface area contributed by atoms with Gasteiger partial charge in [-0.15, -0.1) is 11.8 Å². The Labute approximate surface area is 869 Å². The van der Waals surface area contributed by atoms with Gasteiger partial charge in [-0.05, 0) is 181 Å². The van der Waals surface area contributed by atoms with E-state index < -0.39 is 219 Å². The summed E-state index contributed by atoms with van der Waals surface area (Å²) in [6, 6.07) is 12.5. The number of nitrogens with zero attached hydrogens (tertiary/aromatic N) is 5. The first-order chi connectivity index (χ1) is 70.6. The monoisotopic (exact) mass is 2090 g/mol. The number of aromatic nitrogens is 2. The zero-order chi connectivity index (χ0) is 109. The minimum absolute atomic E-state index is 0.00355. The smallest absolute Gasteiger partial charge is 0.355 e. The standard InChI is InChI=1S/C106H144N18O24S/c1-12-25-77(97(141)121-44-23-31-79(121)94(138)119-76(30-22-42-112-103(109)110)84(131)53-73(104(7,8)9)93(137)118-75(29-21-41-111-102(107)108)82(129)50-64(100(144)145)47-62-33-35-66(127)36-34-62)120-95(139)80-32-24-45-122(80)99(143)91(115-60(6)125)105(10,11)149-85-54-88(134)123(98(85)142)43-20-16-19-28-65(126)38-40-86(132)116-78(48-61-26-17-15-18-27-61)83(130)49-63(46-59(4)5)92(136)114-55-87(133)113-56-89(135)148-106(14-3)72-52-81-90-70(57-124(81)96(140)71(72)58-147-101(106)146)68(13-2)69-51-67(128)37-39-74(69)117-90/h15,17-18,26-27,33-37,39,51-52,59,63-64,73,75-80,85,91,127-128H,12-14,16,19-25,28-32,38,40-50,53-58H2,1-11H3,(H,113,133)(H,114,136)(H,115,125)(H,116,132)(H,118,137)(H,119,138)(H,120,139)(H,144,145)(H4,107,108,111)(H4,109,110,112)/t63-,64-,73-,75+,76+,77+,78+,79+,80+,85?,91-,106+/m1/s1. The van der Waals surface area contributed by atoms with Gasteiger partial charge in [0.25, 0.3) is 5.56 Å². The Morgan fingerprint density at radius 2 is 1.23 bits per heavy atom. The molecule has 18 N–H and O–H groups in total. The molecule has 808 valence electrons. The number of carboxylic acid groups (broad SMARTS) is 1. The number of rotatable bonds is 56. The van der Waals surface area contributed by atoms with Crippen molar-refractivity contribution in [2.45, 2.75) is 308 Å². The summed E-state index contributed by atoms with van der Waals surface area (Å²) in [6.45, 7) is 17.3. The summed E-state index contributed by atoms with van der Waals surface area (Å²) in [6.07, 6.45) is 1.31. The molecule has 12 atom stereocenters. The number of likely N-dealkylation sites (tertiary alicyclic amines) is 3. The number of unbranched alkanes of at least 4 members (excludes halogenated alkanes) is 2. The molecule has 3 aromatic carbocycles. The minimum atomic E-state index is -2.10. The maximum Gasteiger partial charge on any atom is 0.355 e. The van der Waals surface area contributed by atoms with Gasteiger partial charge in [0.1, 0.15) is 54.6 Å². The van der Waals surface area contributed by atoms with Crippen LogP contribution in [0.2, 0.25) is 0 Å². The molecule has 1 unspecified atom stereocenters. The van der Waals surface area contributed by atoms with Crippen LogP contribution in [0.5, 0.6) is 11.5 Å². The quantitative estimate of drug-likeness (QED) is 0.00734. The number of nitrogens with two attached hydrogens (primary N) is 2. The third-order valence-electron chi connectivity index (χ3n) is 28.0. The summed E-state index contributed by atoms with van der Waals surface area (Å²) < 4.78 is 11.6. The lowest BCUT2D eigenvalue weighted by Gasteiger charge is -2.38. The number of aromatic hydroxyl groups is 2. The normalized spacial score (nSPS) is 17.9. The number of carboxylic acids is 1. The summed E-state index contributed by atoms with van der Waals surface area (Å²) in [5, 5.41) is 69.8. The topological polar surface area (TPSA) is 639 Å². The second-order valence-electron chi connectivity index (χ2n) is 41.1. The molecular weight excluding hydrogens is 1940 g/mol. The summed E-state index contributed by atoms with van der Waals surface area (Å²) in [4.78, 5) is 276. The van der Waals surface area contributed by atoms with E-state index in [1.54, 1.807) is 97.0 Å². The molecule has 7 heterocycles. The van der Waals surface area contributed by atoms with Crippen molar-refractivity contribution >= 4 is 141 Å². The first-order valence-corrected chi connectivity index (χ1v) is 52.2. The maximum absolute atomic E-state index is 15.1. The van der Waals surface area contributed by atoms with Crippen LogP contribution in [-0.4, -0.2) is 256 Å². The summed E-state index contributed by atoms with van der Waals surface area (Å²) >= 11 is 1.01. The zero-order valence-electron chi connectivity index (χ0n) is 86.7. The first-order valence-electron chi connectivity index (χ1n) is 51.3. The number of hydrogen-bond acceptors (Lipinski definition) is 27. The van der Waals surface area contributed by atoms with E-state index in [1.165, 1.54) is 51.6 Å². The number of imide groups is 1. The highest BCUT2D eigenvalue weighted by atomic mass is 32.2. The van der Waals surface area contributed by atoms with Crippen molar-refractivity contribution in [1.82, 2.24) is 72.1 Å². The van der Waals surface area contributed by atoms with Crippen molar-refractivity contribution in [2.75, 3.05) is 45.8 Å². The van der Waals surface area contributed by atoms with Gasteiger partial charge in [0, 0.05) is 118 Å². The number of carbonyl (C=O) groups is 18. The van der Waals surface area contributed by atoms with Gasteiger partial charge in [0.15, 0.2) is 29.3 Å². The molecule has 0 saturated carbocycles. The molecule has 5 aromatic rings. The number of guanidine groups is 2. The SMILES string of the molecule is CCC[C@H](NC(=O)[C@@H]1CCCN1C(=O)[C@@H](NC(C)=O)C(C)(C)SC1CC(=O)N(CCCCCC(=O)CCC(=O)N[C@@H](Cc2ccccc2)C(=O)C[C@@H](CC(C)C)C(=O)NCC(=O)NCC(=O)O[C@]2(CC)C(=O)OCc3c2cc2n(c3=O)Cc3c-2nc2ccc(O)cc2c3CC)C1=O)C(=O)N1CCC[C@H]1C(=O)N[C@@H](CCCNC(=N)N)C(=O)C[C@H](C(=O)N[C@@H](CCCNC(=N)N)C(=O)C[C@@H](Cc1ccc(O)cc1)C(=O)O)C(C)(C)C. The second kappa shape index (κ2) is 53.2. The molecule has 0 spiro atoms. The Kier molecular flexibility index (Phi) is 41.7. The van der Waals surface area contributed by atoms with Crippen LogP contribution in [-0.2, 0) is 134 Å². The molecular formula is C106H144N18O24S. The fourth-order valence-electron chi connectivity index (χ4n) is 20.1. The van der Waals surface area contributed by atoms with Crippen molar-refractivity contribution in [3.8, 4) is 22.9 Å². The Balaban J connectivity index is 0.685. The number of ketones is 4. The number of carbonyl (C=O) groups excluding carboxylic acids is 17. The Hall–Kier alpha value is -14.0. The third kappa shape index (κ3) is 31.3. The van der Waals surface area contributed by atoms with Gasteiger partial charge in [-0.2, -0.15) is 0 Å². The number of amides is 11. The van der Waals surface area contributed by atoms with E-state index in [9.17, 15) is 102 Å². The van der Waals surface area contributed by atoms with E-state index in [0.29, 0.717) is 73.0 Å². The summed E-state index contributed by atoms with van der Waals surface area (Å²) in [7, 11) is 0. The fourth-order valence-corrected chi connectivity index (χ4v) is 21.6. The second-order valence-corrected chi connectivity index (χ2v) is 42.9. The summed E-state index contributed by atoms with van der Waals surface area (Å²) in [5.41, 5.74) is 12.1. The van der Waals surface area contributed by atoms with Gasteiger partial charge in [-0.25, -0.2) is 9.78 Å². The molecule has 3 fully saturated rings. The molecule has 5 aliphatic heterocycles.